The quantitative estimate of drug-likeness (QED) is 0.774. The molecule has 1 heterocycles. The van der Waals surface area contributed by atoms with Crippen molar-refractivity contribution in [3.8, 4) is 0 Å². The standard InChI is InChI=1S/C13H19NO4/c15-10-5-4-6-11(16)14(10)9-13(12(17)18)7-2-1-3-8-13/h1-9H2,(H,17,18). The molecular formula is C13H19NO4. The predicted molar refractivity (Wildman–Crippen MR) is 63.7 cm³/mol. The third-order valence-electron chi connectivity index (χ3n) is 4.11. The van der Waals surface area contributed by atoms with Crippen LogP contribution in [0.5, 0.6) is 0 Å². The molecule has 2 aliphatic rings. The first kappa shape index (κ1) is 13.1. The van der Waals surface area contributed by atoms with Gasteiger partial charge >= 0.3 is 5.97 Å². The van der Waals surface area contributed by atoms with E-state index in [1.54, 1.807) is 0 Å². The Morgan fingerprint density at radius 3 is 2.11 bits per heavy atom. The molecule has 5 heteroatoms. The summed E-state index contributed by atoms with van der Waals surface area (Å²) in [5, 5.41) is 9.44. The smallest absolute Gasteiger partial charge is 0.311 e. The number of carboxylic acids is 1. The first-order valence-corrected chi connectivity index (χ1v) is 6.62. The van der Waals surface area contributed by atoms with Crippen molar-refractivity contribution < 1.29 is 19.5 Å². The molecule has 0 atom stereocenters. The van der Waals surface area contributed by atoms with Crippen molar-refractivity contribution in [3.63, 3.8) is 0 Å². The number of amides is 2. The predicted octanol–water partition coefficient (Wildman–Crippen LogP) is 1.56. The van der Waals surface area contributed by atoms with Gasteiger partial charge in [-0.3, -0.25) is 19.3 Å². The van der Waals surface area contributed by atoms with Crippen LogP contribution < -0.4 is 0 Å². The van der Waals surface area contributed by atoms with Crippen molar-refractivity contribution in [2.24, 2.45) is 5.41 Å². The average Bonchev–Trinajstić information content (AvgIpc) is 2.35. The lowest BCUT2D eigenvalue weighted by atomic mass is 9.73. The number of imide groups is 1. The molecule has 1 saturated heterocycles. The molecule has 0 bridgehead atoms. The Labute approximate surface area is 106 Å². The molecule has 18 heavy (non-hydrogen) atoms. The van der Waals surface area contributed by atoms with Crippen LogP contribution in [0.1, 0.15) is 51.4 Å². The minimum absolute atomic E-state index is 0.0694. The van der Waals surface area contributed by atoms with Crippen molar-refractivity contribution in [1.29, 1.82) is 0 Å². The van der Waals surface area contributed by atoms with Gasteiger partial charge < -0.3 is 5.11 Å². The van der Waals surface area contributed by atoms with Crippen LogP contribution in [-0.2, 0) is 14.4 Å². The number of piperidine rings is 1. The monoisotopic (exact) mass is 253 g/mol. The Morgan fingerprint density at radius 1 is 1.06 bits per heavy atom. The van der Waals surface area contributed by atoms with Crippen LogP contribution in [0.4, 0.5) is 0 Å². The summed E-state index contributed by atoms with van der Waals surface area (Å²) >= 11 is 0. The highest BCUT2D eigenvalue weighted by Crippen LogP contribution is 2.38. The van der Waals surface area contributed by atoms with E-state index in [-0.39, 0.29) is 18.4 Å². The van der Waals surface area contributed by atoms with Gasteiger partial charge in [-0.15, -0.1) is 0 Å². The van der Waals surface area contributed by atoms with Crippen LogP contribution in [0.15, 0.2) is 0 Å². The van der Waals surface area contributed by atoms with Crippen LogP contribution in [0, 0.1) is 5.41 Å². The van der Waals surface area contributed by atoms with E-state index < -0.39 is 11.4 Å². The third-order valence-corrected chi connectivity index (χ3v) is 4.11. The zero-order valence-electron chi connectivity index (χ0n) is 10.5. The molecule has 0 unspecified atom stereocenters. The molecule has 2 rings (SSSR count). The van der Waals surface area contributed by atoms with E-state index >= 15 is 0 Å². The highest BCUT2D eigenvalue weighted by molar-refractivity contribution is 5.98. The van der Waals surface area contributed by atoms with Gasteiger partial charge in [0.2, 0.25) is 11.8 Å². The number of carbonyl (C=O) groups is 3. The summed E-state index contributed by atoms with van der Waals surface area (Å²) in [7, 11) is 0. The van der Waals surface area contributed by atoms with Gasteiger partial charge in [0.1, 0.15) is 0 Å². The lowest BCUT2D eigenvalue weighted by molar-refractivity contribution is -0.158. The molecule has 5 nitrogen and oxygen atoms in total. The van der Waals surface area contributed by atoms with Gasteiger partial charge in [-0.2, -0.15) is 0 Å². The molecule has 0 spiro atoms. The maximum atomic E-state index is 11.8. The fourth-order valence-electron chi connectivity index (χ4n) is 2.95. The normalized spacial score (nSPS) is 24.1. The summed E-state index contributed by atoms with van der Waals surface area (Å²) in [5.41, 5.74) is -0.902. The summed E-state index contributed by atoms with van der Waals surface area (Å²) in [6.07, 6.45) is 5.22. The second kappa shape index (κ2) is 5.08. The highest BCUT2D eigenvalue weighted by Gasteiger charge is 2.43. The van der Waals surface area contributed by atoms with E-state index in [9.17, 15) is 19.5 Å². The van der Waals surface area contributed by atoms with E-state index in [4.69, 9.17) is 0 Å². The number of aliphatic carboxylic acids is 1. The molecule has 1 aliphatic heterocycles. The van der Waals surface area contributed by atoms with Crippen LogP contribution in [0.2, 0.25) is 0 Å². The van der Waals surface area contributed by atoms with Crippen molar-refractivity contribution in [2.75, 3.05) is 6.54 Å². The summed E-state index contributed by atoms with van der Waals surface area (Å²) in [6.45, 7) is 0.0694. The van der Waals surface area contributed by atoms with Crippen molar-refractivity contribution in [3.05, 3.63) is 0 Å². The van der Waals surface area contributed by atoms with Crippen LogP contribution in [0.3, 0.4) is 0 Å². The molecule has 100 valence electrons. The van der Waals surface area contributed by atoms with Crippen LogP contribution >= 0.6 is 0 Å². The van der Waals surface area contributed by atoms with Gasteiger partial charge in [-0.05, 0) is 19.3 Å². The summed E-state index contributed by atoms with van der Waals surface area (Å²) in [5.74, 6) is -1.29. The first-order valence-electron chi connectivity index (χ1n) is 6.62. The van der Waals surface area contributed by atoms with Gasteiger partial charge in [-0.25, -0.2) is 0 Å². The minimum atomic E-state index is -0.902. The third kappa shape index (κ3) is 2.40. The molecule has 2 fully saturated rings. The Morgan fingerprint density at radius 2 is 1.61 bits per heavy atom. The fraction of sp³-hybridized carbons (Fsp3) is 0.769. The topological polar surface area (TPSA) is 74.7 Å². The molecule has 1 aliphatic carbocycles. The number of carboxylic acid groups (broad SMARTS) is 1. The van der Waals surface area contributed by atoms with Crippen LogP contribution in [-0.4, -0.2) is 34.3 Å². The molecule has 0 aromatic rings. The second-order valence-electron chi connectivity index (χ2n) is 5.37. The second-order valence-corrected chi connectivity index (χ2v) is 5.37. The van der Waals surface area contributed by atoms with E-state index in [1.807, 2.05) is 0 Å². The lowest BCUT2D eigenvalue weighted by Crippen LogP contribution is -2.50. The van der Waals surface area contributed by atoms with Crippen molar-refractivity contribution in [2.45, 2.75) is 51.4 Å². The van der Waals surface area contributed by atoms with E-state index in [1.165, 1.54) is 4.90 Å². The molecule has 1 saturated carbocycles. The summed E-state index contributed by atoms with van der Waals surface area (Å²) in [4.78, 5) is 36.2. The fourth-order valence-corrected chi connectivity index (χ4v) is 2.95. The largest absolute Gasteiger partial charge is 0.481 e. The first-order chi connectivity index (χ1) is 8.55. The molecule has 1 N–H and O–H groups in total. The van der Waals surface area contributed by atoms with Crippen LogP contribution in [0.25, 0.3) is 0 Å². The molecule has 0 aromatic carbocycles. The van der Waals surface area contributed by atoms with Gasteiger partial charge in [0.15, 0.2) is 0 Å². The number of carbonyl (C=O) groups excluding carboxylic acids is 2. The molecule has 2 amide bonds. The Balaban J connectivity index is 2.15. The number of hydrogen-bond acceptors (Lipinski definition) is 3. The van der Waals surface area contributed by atoms with Gasteiger partial charge in [0, 0.05) is 19.4 Å². The lowest BCUT2D eigenvalue weighted by Gasteiger charge is -2.38. The SMILES string of the molecule is O=C1CCCC(=O)N1CC1(C(=O)O)CCCCC1. The summed E-state index contributed by atoms with van der Waals surface area (Å²) < 4.78 is 0. The van der Waals surface area contributed by atoms with Gasteiger partial charge in [0.05, 0.1) is 5.41 Å². The van der Waals surface area contributed by atoms with E-state index in [2.05, 4.69) is 0 Å². The number of rotatable bonds is 3. The highest BCUT2D eigenvalue weighted by atomic mass is 16.4. The van der Waals surface area contributed by atoms with Gasteiger partial charge in [-0.1, -0.05) is 19.3 Å². The Bertz CT molecular complexity index is 355. The van der Waals surface area contributed by atoms with E-state index in [0.29, 0.717) is 32.1 Å². The molecular weight excluding hydrogens is 234 g/mol. The number of hydrogen-bond donors (Lipinski definition) is 1. The number of likely N-dealkylation sites (tertiary alicyclic amines) is 1. The Kier molecular flexibility index (Phi) is 3.68. The minimum Gasteiger partial charge on any atom is -0.481 e. The zero-order valence-corrected chi connectivity index (χ0v) is 10.5. The van der Waals surface area contributed by atoms with Crippen molar-refractivity contribution in [1.82, 2.24) is 4.90 Å². The maximum absolute atomic E-state index is 11.8. The zero-order chi connectivity index (χ0) is 13.2. The van der Waals surface area contributed by atoms with E-state index in [0.717, 1.165) is 19.3 Å². The van der Waals surface area contributed by atoms with Gasteiger partial charge in [0.25, 0.3) is 0 Å². The number of nitrogens with zero attached hydrogens (tertiary/aromatic N) is 1. The molecule has 0 radical (unpaired) electrons. The summed E-state index contributed by atoms with van der Waals surface area (Å²) in [6, 6.07) is 0. The van der Waals surface area contributed by atoms with Crippen molar-refractivity contribution >= 4 is 17.8 Å². The average molecular weight is 253 g/mol. The Hall–Kier alpha value is -1.39. The molecule has 0 aromatic heterocycles. The maximum Gasteiger partial charge on any atom is 0.311 e.